The number of esters is 1. The zero-order valence-electron chi connectivity index (χ0n) is 55.4. The molecule has 11 N–H and O–H groups in total. The highest BCUT2D eigenvalue weighted by Crippen LogP contribution is 2.78. The van der Waals surface area contributed by atoms with Crippen molar-refractivity contribution in [3.05, 3.63) is 70.8 Å². The van der Waals surface area contributed by atoms with Gasteiger partial charge >= 0.3 is 5.97 Å². The molecule has 0 unspecified atom stereocenters. The number of ether oxygens (including phenoxy) is 2. The summed E-state index contributed by atoms with van der Waals surface area (Å²) in [6.07, 6.45) is 31.8. The van der Waals surface area contributed by atoms with Gasteiger partial charge in [-0.05, 0) is 242 Å². The Labute approximate surface area is 560 Å². The van der Waals surface area contributed by atoms with Gasteiger partial charge in [0.25, 0.3) is 0 Å². The molecule has 2 aromatic rings. The number of aliphatic hydroxyl groups excluding tert-OH is 3. The van der Waals surface area contributed by atoms with Crippen LogP contribution < -0.4 is 27.3 Å². The number of fused-ring (bicyclic) bond motifs is 1. The Kier molecular flexibility index (Phi) is 16.3. The molecule has 12 bridgehead atoms. The standard InChI is InChI=1S/C76H107N7O8S2/c1-46(85)90-75-37-50-14-16-55(75)35-52-33-53(64(88)65-62(52)48-21-31-74(91-65)28-7-13-54(74)34-48)42-83-45-71(39-60(83)87)56(18-19-58(71)47-11-3-2-4-12-47)41-81-68(79)82-76(29-8-25-70(76)23-5-6-24-70)93-92-43-57-17-15-49(61(50)59(86)38-75)36-72(57)26-9-27-73(72)44-69(22-10-32-84)30-20-51(40-80-67(77)78)63(69)66(73)89/h2-4,11-12,21,31,33,48-51,54-59,61,63,66,84,86,88-89H,5-10,13-20,22-30,32,34-45H2,1H3,(H4,77,78,80)(H3,79,81,82)/t48-,49-,50-,51-,54-,55-,56-,57-,58-,59+,61+,63+,66+,69-,71+,72-,73+,74+,75-,76-/m0/s1. The summed E-state index contributed by atoms with van der Waals surface area (Å²) >= 11 is 0. The third-order valence-corrected chi connectivity index (χ3v) is 33.3. The molecule has 6 spiro atoms. The number of benzene rings is 2. The summed E-state index contributed by atoms with van der Waals surface area (Å²) in [6, 6.07) is 13.0. The Hall–Kier alpha value is -4.16. The van der Waals surface area contributed by atoms with Gasteiger partial charge in [-0.15, -0.1) is 0 Å². The zero-order valence-corrected chi connectivity index (χ0v) is 57.0. The van der Waals surface area contributed by atoms with Crippen LogP contribution in [0, 0.1) is 80.3 Å². The second-order valence-electron chi connectivity index (χ2n) is 33.7. The number of guanidine groups is 2. The van der Waals surface area contributed by atoms with Crippen molar-refractivity contribution < 1.29 is 39.5 Å². The number of nitrogens with one attached hydrogen (secondary N) is 1. The van der Waals surface area contributed by atoms with E-state index in [-0.39, 0.29) is 117 Å². The maximum atomic E-state index is 15.2. The molecule has 1 amide bonds. The highest BCUT2D eigenvalue weighted by molar-refractivity contribution is 8.77. The van der Waals surface area contributed by atoms with Crippen LogP contribution in [0.1, 0.15) is 227 Å². The highest BCUT2D eigenvalue weighted by atomic mass is 33.1. The lowest BCUT2D eigenvalue weighted by atomic mass is 9.47. The van der Waals surface area contributed by atoms with Crippen molar-refractivity contribution in [1.82, 2.24) is 10.2 Å². The number of carbonyl (C=O) groups is 2. The van der Waals surface area contributed by atoms with E-state index >= 15 is 4.79 Å². The van der Waals surface area contributed by atoms with Gasteiger partial charge in [0.2, 0.25) is 5.91 Å². The van der Waals surface area contributed by atoms with Crippen molar-refractivity contribution in [1.29, 1.82) is 0 Å². The number of aliphatic hydroxyl groups is 3. The molecule has 20 rings (SSSR count). The van der Waals surface area contributed by atoms with Crippen LogP contribution in [0.3, 0.4) is 0 Å². The number of aliphatic imine (C=N–C) groups is 2. The molecule has 7 heterocycles. The van der Waals surface area contributed by atoms with Gasteiger partial charge in [-0.3, -0.25) is 19.6 Å². The molecule has 1 saturated heterocycles. The molecule has 10 saturated carbocycles. The first-order chi connectivity index (χ1) is 44.9. The number of allylic oxidation sites excluding steroid dienone is 1. The highest BCUT2D eigenvalue weighted by Gasteiger charge is 2.74. The lowest BCUT2D eigenvalue weighted by Gasteiger charge is -2.60. The van der Waals surface area contributed by atoms with E-state index < -0.39 is 28.8 Å². The van der Waals surface area contributed by atoms with Gasteiger partial charge in [-0.2, -0.15) is 0 Å². The number of phenols is 1. The zero-order chi connectivity index (χ0) is 63.9. The summed E-state index contributed by atoms with van der Waals surface area (Å²) < 4.78 is 14.2. The molecule has 20 atom stereocenters. The number of nitrogens with zero attached hydrogens (tertiary/aromatic N) is 3. The van der Waals surface area contributed by atoms with E-state index in [2.05, 4.69) is 80.4 Å². The Morgan fingerprint density at radius 3 is 2.44 bits per heavy atom. The van der Waals surface area contributed by atoms with Crippen molar-refractivity contribution in [3.63, 3.8) is 0 Å². The van der Waals surface area contributed by atoms with Crippen LogP contribution in [0.15, 0.2) is 58.5 Å². The third-order valence-electron chi connectivity index (χ3n) is 30.0. The van der Waals surface area contributed by atoms with E-state index in [4.69, 9.17) is 31.7 Å². The van der Waals surface area contributed by atoms with Gasteiger partial charge < -0.3 is 57.3 Å². The molecular weight excluding hydrogens is 1200 g/mol. The molecule has 2 aromatic carbocycles. The average molecular weight is 1310 g/mol. The molecule has 0 aromatic heterocycles. The molecule has 93 heavy (non-hydrogen) atoms. The smallest absolute Gasteiger partial charge is 0.303 e. The summed E-state index contributed by atoms with van der Waals surface area (Å²) in [5.74, 6) is 3.46. The van der Waals surface area contributed by atoms with Crippen LogP contribution in [0.4, 0.5) is 0 Å². The topological polar surface area (TPSA) is 252 Å². The minimum Gasteiger partial charge on any atom is -0.504 e. The second kappa shape index (κ2) is 23.8. The summed E-state index contributed by atoms with van der Waals surface area (Å²) in [4.78, 5) is 40.9. The van der Waals surface area contributed by atoms with Crippen molar-refractivity contribution in [2.24, 2.45) is 108 Å². The van der Waals surface area contributed by atoms with Gasteiger partial charge in [0.15, 0.2) is 23.4 Å². The second-order valence-corrected chi connectivity index (χ2v) is 36.3. The molecule has 506 valence electrons. The fraction of sp³-hybridized carbons (Fsp3) is 0.763. The Morgan fingerprint density at radius 2 is 1.63 bits per heavy atom. The largest absolute Gasteiger partial charge is 0.504 e. The van der Waals surface area contributed by atoms with Crippen LogP contribution in [-0.4, -0.2) is 109 Å². The Balaban J connectivity index is 0.814. The van der Waals surface area contributed by atoms with E-state index in [9.17, 15) is 25.2 Å². The minimum atomic E-state index is -0.899. The van der Waals surface area contributed by atoms with Gasteiger partial charge in [0.05, 0.1) is 12.2 Å². The van der Waals surface area contributed by atoms with Gasteiger partial charge in [0, 0.05) is 103 Å². The number of hydrogen-bond acceptors (Lipinski definition) is 14. The summed E-state index contributed by atoms with van der Waals surface area (Å²) in [5, 5.41) is 54.9. The lowest BCUT2D eigenvalue weighted by Crippen LogP contribution is -2.60. The molecular formula is C76H107N7O8S2. The first kappa shape index (κ1) is 63.6. The predicted octanol–water partition coefficient (Wildman–Crippen LogP) is 12.1. The van der Waals surface area contributed by atoms with Crippen LogP contribution in [0.5, 0.6) is 11.5 Å². The molecule has 11 fully saturated rings. The van der Waals surface area contributed by atoms with E-state index in [1.165, 1.54) is 37.7 Å². The number of carbonyl (C=O) groups excluding carboxylic acids is 2. The number of amides is 1. The molecule has 7 aliphatic heterocycles. The van der Waals surface area contributed by atoms with E-state index in [0.29, 0.717) is 80.8 Å². The minimum absolute atomic E-state index is 0.0172. The van der Waals surface area contributed by atoms with Crippen LogP contribution in [-0.2, 0) is 27.3 Å². The van der Waals surface area contributed by atoms with E-state index in [1.54, 1.807) is 6.92 Å². The van der Waals surface area contributed by atoms with Gasteiger partial charge in [-0.1, -0.05) is 77.3 Å². The quantitative estimate of drug-likeness (QED) is 0.0422. The predicted molar refractivity (Wildman–Crippen MR) is 366 cm³/mol. The average Bonchev–Trinajstić information content (AvgIpc) is 1.53. The number of rotatable bonds is 7. The normalized spacial score (nSPS) is 44.4. The van der Waals surface area contributed by atoms with E-state index in [0.717, 1.165) is 145 Å². The molecule has 18 aliphatic rings. The lowest BCUT2D eigenvalue weighted by molar-refractivity contribution is -0.204. The fourth-order valence-electron chi connectivity index (χ4n) is 26.5. The number of hydrogen-bond donors (Lipinski definition) is 8. The fourth-order valence-corrected chi connectivity index (χ4v) is 30.5. The molecule has 11 aliphatic carbocycles. The SMILES string of the molecule is CC(=O)O[C@]12C[C@@H]3CC[C@H]1Cc1cc(c(O)c4c1[C@H]1C=C[C@@]5(CCC[C@H]5C1)O4)CN1C[C@]4(CC1=O)[C@@H](CC[C@H]4c1ccccc1)CN=C(N)N[C@@]1(CCCC14CCCC4)SSC[C@@H]1CC[C@@H](C[C@@]14CCC[C@]41C[C@]4(CCCO)CC[C@@H](CN=C(N)N)[C@@H]4[C@H]1O)[C@H]3[C@H](O)C2. The van der Waals surface area contributed by atoms with Crippen molar-refractivity contribution in [3.8, 4) is 11.5 Å². The summed E-state index contributed by atoms with van der Waals surface area (Å²) in [7, 11) is 4.12. The van der Waals surface area contributed by atoms with Crippen LogP contribution >= 0.6 is 21.6 Å². The van der Waals surface area contributed by atoms with Crippen molar-refractivity contribution in [2.45, 2.75) is 246 Å². The number of phenolic OH excluding ortho intramolecular Hbond substituents is 1. The molecule has 15 nitrogen and oxygen atoms in total. The van der Waals surface area contributed by atoms with Gasteiger partial charge in [0.1, 0.15) is 16.1 Å². The molecule has 0 radical (unpaired) electrons. The first-order valence-electron chi connectivity index (χ1n) is 37.1. The maximum absolute atomic E-state index is 15.2. The van der Waals surface area contributed by atoms with E-state index in [1.807, 2.05) is 4.90 Å². The van der Waals surface area contributed by atoms with Crippen LogP contribution in [0.25, 0.3) is 0 Å². The third kappa shape index (κ3) is 9.97. The number of aromatic hydroxyl groups is 1. The Morgan fingerprint density at radius 1 is 0.860 bits per heavy atom. The number of nitrogens with two attached hydrogens (primary N) is 3. The Bertz CT molecular complexity index is 3300. The van der Waals surface area contributed by atoms with Gasteiger partial charge in [-0.25, -0.2) is 0 Å². The summed E-state index contributed by atoms with van der Waals surface area (Å²) in [6.45, 7) is 3.50. The van der Waals surface area contributed by atoms with Crippen molar-refractivity contribution >= 4 is 45.4 Å². The van der Waals surface area contributed by atoms with Crippen molar-refractivity contribution in [2.75, 3.05) is 32.0 Å². The molecule has 17 heteroatoms. The first-order valence-corrected chi connectivity index (χ1v) is 39.4. The van der Waals surface area contributed by atoms with Crippen LogP contribution in [0.2, 0.25) is 0 Å². The monoisotopic (exact) mass is 1310 g/mol. The summed E-state index contributed by atoms with van der Waals surface area (Å²) in [5.41, 5.74) is 21.3. The maximum Gasteiger partial charge on any atom is 0.303 e.